The second kappa shape index (κ2) is 3.60. The van der Waals surface area contributed by atoms with Gasteiger partial charge in [-0.05, 0) is 32.9 Å². The molecule has 72 valence electrons. The van der Waals surface area contributed by atoms with Crippen LogP contribution in [-0.4, -0.2) is 18.5 Å². The average molecular weight is 198 g/mol. The SMILES string of the molecule is COC(C)(C)C(=O)c1ccc(C)s1. The molecule has 0 fully saturated rings. The summed E-state index contributed by atoms with van der Waals surface area (Å²) in [7, 11) is 1.55. The molecule has 0 spiro atoms. The Morgan fingerprint density at radius 2 is 2.08 bits per heavy atom. The van der Waals surface area contributed by atoms with E-state index in [0.29, 0.717) is 0 Å². The normalized spacial score (nSPS) is 11.7. The van der Waals surface area contributed by atoms with Gasteiger partial charge in [-0.3, -0.25) is 4.79 Å². The van der Waals surface area contributed by atoms with Crippen molar-refractivity contribution in [3.8, 4) is 0 Å². The third kappa shape index (κ3) is 2.17. The summed E-state index contributed by atoms with van der Waals surface area (Å²) in [5.74, 6) is 0.0492. The largest absolute Gasteiger partial charge is 0.371 e. The molecule has 0 N–H and O–H groups in total. The smallest absolute Gasteiger partial charge is 0.203 e. The van der Waals surface area contributed by atoms with Crippen LogP contribution >= 0.6 is 11.3 Å². The van der Waals surface area contributed by atoms with E-state index in [1.807, 2.05) is 19.1 Å². The Bertz CT molecular complexity index is 312. The molecule has 3 heteroatoms. The van der Waals surface area contributed by atoms with Gasteiger partial charge in [-0.1, -0.05) is 0 Å². The third-order valence-electron chi connectivity index (χ3n) is 2.02. The lowest BCUT2D eigenvalue weighted by Gasteiger charge is -2.19. The van der Waals surface area contributed by atoms with E-state index in [0.717, 1.165) is 9.75 Å². The molecule has 0 aliphatic rings. The van der Waals surface area contributed by atoms with Gasteiger partial charge in [-0.15, -0.1) is 11.3 Å². The first-order valence-electron chi connectivity index (χ1n) is 4.14. The van der Waals surface area contributed by atoms with Gasteiger partial charge in [-0.2, -0.15) is 0 Å². The van der Waals surface area contributed by atoms with Crippen LogP contribution in [0.25, 0.3) is 0 Å². The molecule has 0 radical (unpaired) electrons. The van der Waals surface area contributed by atoms with E-state index in [1.54, 1.807) is 21.0 Å². The minimum atomic E-state index is -0.711. The Balaban J connectivity index is 2.91. The van der Waals surface area contributed by atoms with Gasteiger partial charge in [-0.25, -0.2) is 0 Å². The van der Waals surface area contributed by atoms with Gasteiger partial charge in [0, 0.05) is 12.0 Å². The van der Waals surface area contributed by atoms with Gasteiger partial charge in [0.2, 0.25) is 5.78 Å². The highest BCUT2D eigenvalue weighted by Crippen LogP contribution is 2.22. The summed E-state index contributed by atoms with van der Waals surface area (Å²) in [6, 6.07) is 3.80. The van der Waals surface area contributed by atoms with Crippen molar-refractivity contribution in [1.29, 1.82) is 0 Å². The fourth-order valence-corrected chi connectivity index (χ4v) is 1.90. The molecule has 1 rings (SSSR count). The van der Waals surface area contributed by atoms with Crippen LogP contribution in [0.15, 0.2) is 12.1 Å². The first kappa shape index (κ1) is 10.4. The number of hydrogen-bond donors (Lipinski definition) is 0. The number of carbonyl (C=O) groups excluding carboxylic acids is 1. The Kier molecular flexibility index (Phi) is 2.88. The Morgan fingerprint density at radius 1 is 1.46 bits per heavy atom. The zero-order valence-corrected chi connectivity index (χ0v) is 9.20. The van der Waals surface area contributed by atoms with Crippen LogP contribution in [-0.2, 0) is 4.74 Å². The summed E-state index contributed by atoms with van der Waals surface area (Å²) in [6.07, 6.45) is 0. The molecule has 0 atom stereocenters. The third-order valence-corrected chi connectivity index (χ3v) is 3.02. The molecule has 0 aliphatic heterocycles. The van der Waals surface area contributed by atoms with Crippen molar-refractivity contribution in [1.82, 2.24) is 0 Å². The van der Waals surface area contributed by atoms with Gasteiger partial charge >= 0.3 is 0 Å². The van der Waals surface area contributed by atoms with E-state index in [-0.39, 0.29) is 5.78 Å². The predicted octanol–water partition coefficient (Wildman–Crippen LogP) is 2.66. The first-order valence-corrected chi connectivity index (χ1v) is 4.95. The van der Waals surface area contributed by atoms with Crippen LogP contribution in [0.3, 0.4) is 0 Å². The summed E-state index contributed by atoms with van der Waals surface area (Å²) < 4.78 is 5.12. The van der Waals surface area contributed by atoms with Crippen LogP contribution < -0.4 is 0 Å². The lowest BCUT2D eigenvalue weighted by Crippen LogP contribution is -2.33. The van der Waals surface area contributed by atoms with Crippen LogP contribution in [0.5, 0.6) is 0 Å². The Labute approximate surface area is 82.5 Å². The molecule has 1 aromatic heterocycles. The van der Waals surface area contributed by atoms with E-state index in [1.165, 1.54) is 11.3 Å². The quantitative estimate of drug-likeness (QED) is 0.698. The number of thiophene rings is 1. The van der Waals surface area contributed by atoms with Crippen LogP contribution in [0.4, 0.5) is 0 Å². The number of aryl methyl sites for hydroxylation is 1. The van der Waals surface area contributed by atoms with Crippen molar-refractivity contribution in [2.24, 2.45) is 0 Å². The predicted molar refractivity (Wildman–Crippen MR) is 54.5 cm³/mol. The molecule has 0 saturated heterocycles. The summed E-state index contributed by atoms with van der Waals surface area (Å²) >= 11 is 1.51. The van der Waals surface area contributed by atoms with E-state index < -0.39 is 5.60 Å². The number of carbonyl (C=O) groups is 1. The van der Waals surface area contributed by atoms with Crippen molar-refractivity contribution in [2.45, 2.75) is 26.4 Å². The monoisotopic (exact) mass is 198 g/mol. The molecule has 0 amide bonds. The van der Waals surface area contributed by atoms with Crippen LogP contribution in [0.2, 0.25) is 0 Å². The fourth-order valence-electron chi connectivity index (χ4n) is 0.946. The standard InChI is InChI=1S/C10H14O2S/c1-7-5-6-8(13-7)9(11)10(2,3)12-4/h5-6H,1-4H3. The lowest BCUT2D eigenvalue weighted by atomic mass is 10.0. The second-order valence-electron chi connectivity index (χ2n) is 3.45. The fraction of sp³-hybridized carbons (Fsp3) is 0.500. The molecule has 0 unspecified atom stereocenters. The van der Waals surface area contributed by atoms with Crippen molar-refractivity contribution < 1.29 is 9.53 Å². The highest BCUT2D eigenvalue weighted by molar-refractivity contribution is 7.14. The van der Waals surface area contributed by atoms with Gasteiger partial charge in [0.1, 0.15) is 5.60 Å². The van der Waals surface area contributed by atoms with Crippen LogP contribution in [0.1, 0.15) is 28.4 Å². The van der Waals surface area contributed by atoms with Crippen molar-refractivity contribution in [2.75, 3.05) is 7.11 Å². The minimum Gasteiger partial charge on any atom is -0.371 e. The second-order valence-corrected chi connectivity index (χ2v) is 4.74. The van der Waals surface area contributed by atoms with Crippen molar-refractivity contribution in [3.63, 3.8) is 0 Å². The van der Waals surface area contributed by atoms with Gasteiger partial charge in [0.15, 0.2) is 0 Å². The first-order chi connectivity index (χ1) is 5.97. The summed E-state index contributed by atoms with van der Waals surface area (Å²) in [5, 5.41) is 0. The highest BCUT2D eigenvalue weighted by atomic mass is 32.1. The summed E-state index contributed by atoms with van der Waals surface area (Å²) in [5.41, 5.74) is -0.711. The zero-order valence-electron chi connectivity index (χ0n) is 8.38. The number of methoxy groups -OCH3 is 1. The van der Waals surface area contributed by atoms with E-state index >= 15 is 0 Å². The molecular weight excluding hydrogens is 184 g/mol. The van der Waals surface area contributed by atoms with Gasteiger partial charge < -0.3 is 4.74 Å². The van der Waals surface area contributed by atoms with E-state index in [2.05, 4.69) is 0 Å². The Morgan fingerprint density at radius 3 is 2.46 bits per heavy atom. The van der Waals surface area contributed by atoms with Crippen molar-refractivity contribution >= 4 is 17.1 Å². The van der Waals surface area contributed by atoms with Gasteiger partial charge in [0.05, 0.1) is 4.88 Å². The molecular formula is C10H14O2S. The summed E-state index contributed by atoms with van der Waals surface area (Å²) in [4.78, 5) is 13.7. The molecule has 0 bridgehead atoms. The lowest BCUT2D eigenvalue weighted by molar-refractivity contribution is 0.0232. The number of ketones is 1. The van der Waals surface area contributed by atoms with E-state index in [9.17, 15) is 4.79 Å². The molecule has 0 aromatic carbocycles. The van der Waals surface area contributed by atoms with E-state index in [4.69, 9.17) is 4.74 Å². The minimum absolute atomic E-state index is 0.0492. The molecule has 13 heavy (non-hydrogen) atoms. The number of rotatable bonds is 3. The highest BCUT2D eigenvalue weighted by Gasteiger charge is 2.28. The number of ether oxygens (including phenoxy) is 1. The molecule has 0 saturated carbocycles. The molecule has 2 nitrogen and oxygen atoms in total. The molecule has 0 aliphatic carbocycles. The number of hydrogen-bond acceptors (Lipinski definition) is 3. The zero-order chi connectivity index (χ0) is 10.1. The Hall–Kier alpha value is -0.670. The average Bonchev–Trinajstić information content (AvgIpc) is 2.50. The maximum atomic E-state index is 11.8. The van der Waals surface area contributed by atoms with Gasteiger partial charge in [0.25, 0.3) is 0 Å². The maximum absolute atomic E-state index is 11.8. The number of Topliss-reactive ketones (excluding diaryl/α,β-unsaturated/α-hetero) is 1. The summed E-state index contributed by atoms with van der Waals surface area (Å²) in [6.45, 7) is 5.55. The topological polar surface area (TPSA) is 26.3 Å². The van der Waals surface area contributed by atoms with Crippen LogP contribution in [0, 0.1) is 6.92 Å². The molecule has 1 heterocycles. The maximum Gasteiger partial charge on any atom is 0.203 e. The van der Waals surface area contributed by atoms with Crippen molar-refractivity contribution in [3.05, 3.63) is 21.9 Å². The molecule has 1 aromatic rings.